The van der Waals surface area contributed by atoms with Gasteiger partial charge in [-0.1, -0.05) is 88.4 Å². The minimum Gasteiger partial charge on any atom is -0.444 e. The number of amides is 7. The molecule has 0 unspecified atom stereocenters. The predicted molar refractivity (Wildman–Crippen MR) is 269 cm³/mol. The molecule has 17 nitrogen and oxygen atoms in total. The maximum atomic E-state index is 14.5. The van der Waals surface area contributed by atoms with Crippen molar-refractivity contribution in [2.75, 3.05) is 32.7 Å². The van der Waals surface area contributed by atoms with Crippen LogP contribution < -0.4 is 32.3 Å². The number of carbonyl (C=O) groups is 7. The van der Waals surface area contributed by atoms with Crippen LogP contribution in [0.2, 0.25) is 0 Å². The van der Waals surface area contributed by atoms with E-state index in [1.54, 1.807) is 46.4 Å². The molecule has 17 heteroatoms. The molecule has 1 spiro atoms. The van der Waals surface area contributed by atoms with E-state index in [1.165, 1.54) is 0 Å². The molecule has 5 atom stereocenters. The van der Waals surface area contributed by atoms with Crippen molar-refractivity contribution in [2.24, 2.45) is 23.0 Å². The van der Waals surface area contributed by atoms with Crippen LogP contribution in [-0.2, 0) is 46.3 Å². The molecule has 7 N–H and O–H groups in total. The second-order valence-corrected chi connectivity index (χ2v) is 22.1. The number of unbranched alkanes of at least 4 members (excludes halogenated alkanes) is 1. The van der Waals surface area contributed by atoms with Crippen molar-refractivity contribution in [3.63, 3.8) is 0 Å². The molecule has 7 amide bonds. The molecular weight excluding hydrogens is 893 g/mol. The molecule has 2 aromatic rings. The van der Waals surface area contributed by atoms with Gasteiger partial charge in [0.15, 0.2) is 0 Å². The third-order valence-electron chi connectivity index (χ3n) is 12.3. The van der Waals surface area contributed by atoms with Crippen LogP contribution in [0.25, 0.3) is 0 Å². The van der Waals surface area contributed by atoms with Crippen LogP contribution in [0.1, 0.15) is 125 Å². The van der Waals surface area contributed by atoms with Gasteiger partial charge in [-0.2, -0.15) is 0 Å². The number of rotatable bonds is 22. The number of likely N-dealkylation sites (tertiary alicyclic amines) is 2. The monoisotopic (exact) mass is 975 g/mol. The van der Waals surface area contributed by atoms with Gasteiger partial charge < -0.3 is 51.6 Å². The van der Waals surface area contributed by atoms with E-state index in [4.69, 9.17) is 15.2 Å². The van der Waals surface area contributed by atoms with E-state index in [2.05, 4.69) is 26.6 Å². The molecule has 0 bridgehead atoms. The summed E-state index contributed by atoms with van der Waals surface area (Å²) in [6, 6.07) is 13.4. The van der Waals surface area contributed by atoms with Gasteiger partial charge in [-0.25, -0.2) is 9.59 Å². The number of nitrogens with two attached hydrogens (primary N) is 1. The molecule has 70 heavy (non-hydrogen) atoms. The summed E-state index contributed by atoms with van der Waals surface area (Å²) < 4.78 is 10.9. The highest BCUT2D eigenvalue weighted by molar-refractivity contribution is 5.95. The highest BCUT2D eigenvalue weighted by Gasteiger charge is 2.49. The summed E-state index contributed by atoms with van der Waals surface area (Å²) in [5.41, 5.74) is 6.12. The Morgan fingerprint density at radius 2 is 1.04 bits per heavy atom. The lowest BCUT2D eigenvalue weighted by molar-refractivity contribution is -0.153. The quantitative estimate of drug-likeness (QED) is 0.0825. The molecule has 2 saturated heterocycles. The van der Waals surface area contributed by atoms with Gasteiger partial charge in [0.1, 0.15) is 35.4 Å². The molecule has 4 rings (SSSR count). The van der Waals surface area contributed by atoms with Gasteiger partial charge in [0, 0.05) is 51.0 Å². The van der Waals surface area contributed by atoms with E-state index in [9.17, 15) is 33.6 Å². The summed E-state index contributed by atoms with van der Waals surface area (Å²) in [6.07, 6.45) is 2.41. The molecule has 2 heterocycles. The van der Waals surface area contributed by atoms with Crippen LogP contribution in [0, 0.1) is 17.3 Å². The normalized spacial score (nSPS) is 16.8. The minimum atomic E-state index is -1.17. The fourth-order valence-electron chi connectivity index (χ4n) is 8.82. The van der Waals surface area contributed by atoms with E-state index < -0.39 is 71.3 Å². The van der Waals surface area contributed by atoms with Gasteiger partial charge in [-0.3, -0.25) is 24.0 Å². The second-order valence-electron chi connectivity index (χ2n) is 22.1. The van der Waals surface area contributed by atoms with Gasteiger partial charge in [0.25, 0.3) is 0 Å². The van der Waals surface area contributed by atoms with Crippen LogP contribution in [0.4, 0.5) is 9.59 Å². The van der Waals surface area contributed by atoms with Gasteiger partial charge in [-0.15, -0.1) is 0 Å². The lowest BCUT2D eigenvalue weighted by Gasteiger charge is -2.54. The fraction of sp³-hybridized carbons (Fsp3) is 0.642. The molecule has 2 aliphatic heterocycles. The molecule has 2 aromatic carbocycles. The molecule has 0 saturated carbocycles. The molecule has 0 radical (unpaired) electrons. The number of hydrogen-bond acceptors (Lipinski definition) is 10. The molecule has 2 aliphatic rings. The van der Waals surface area contributed by atoms with Crippen LogP contribution in [0.3, 0.4) is 0 Å². The first-order valence-corrected chi connectivity index (χ1v) is 25.1. The Morgan fingerprint density at radius 3 is 1.54 bits per heavy atom. The summed E-state index contributed by atoms with van der Waals surface area (Å²) in [5.74, 6) is -1.85. The summed E-state index contributed by atoms with van der Waals surface area (Å²) in [6.45, 7) is 20.8. The van der Waals surface area contributed by atoms with Crippen molar-refractivity contribution < 1.29 is 43.0 Å². The van der Waals surface area contributed by atoms with Crippen LogP contribution in [0.5, 0.6) is 0 Å². The summed E-state index contributed by atoms with van der Waals surface area (Å²) >= 11 is 0. The van der Waals surface area contributed by atoms with E-state index in [-0.39, 0.29) is 48.8 Å². The average Bonchev–Trinajstić information content (AvgIpc) is 3.25. The number of alkyl carbamates (subject to hydrolysis) is 2. The Kier molecular flexibility index (Phi) is 21.1. The Bertz CT molecular complexity index is 2040. The molecule has 0 aromatic heterocycles. The zero-order valence-electron chi connectivity index (χ0n) is 43.4. The predicted octanol–water partition coefficient (Wildman–Crippen LogP) is 5.39. The Hall–Kier alpha value is -5.71. The lowest BCUT2D eigenvalue weighted by atomic mass is 9.71. The summed E-state index contributed by atoms with van der Waals surface area (Å²) in [5, 5.41) is 14.2. The van der Waals surface area contributed by atoms with Crippen LogP contribution >= 0.6 is 0 Å². The Balaban J connectivity index is 1.52. The van der Waals surface area contributed by atoms with Crippen molar-refractivity contribution in [1.82, 2.24) is 36.4 Å². The summed E-state index contributed by atoms with van der Waals surface area (Å²) in [7, 11) is 0. The standard InChI is InChI=1S/C53H82N8O9/c1-35(2)29-39(54)47(65)60-27-24-53(25-28-60)33-61(34-53)48(66)40(23-17-18-26-55-49(67)69-51(5,6)7)56-44(62)41(30-36(3)4)57-45(63)42(31-37-19-13-11-14-20-37)58-46(64)43(32-38-21-15-12-16-22-38)59-50(68)70-52(8,9)10/h11-16,19-22,35-36,39-43H,17-18,23-34,54H2,1-10H3,(H,55,67)(H,56,62)(H,57,63)(H,58,64)(H,59,68)/t39-,40-,41-,42-,43-/m1/s1. The van der Waals surface area contributed by atoms with Crippen molar-refractivity contribution in [2.45, 2.75) is 168 Å². The van der Waals surface area contributed by atoms with Crippen molar-refractivity contribution in [3.8, 4) is 0 Å². The van der Waals surface area contributed by atoms with E-state index in [1.807, 2.05) is 93.3 Å². The molecular formula is C53H82N8O9. The Morgan fingerprint density at radius 1 is 0.586 bits per heavy atom. The first kappa shape index (κ1) is 56.9. The largest absolute Gasteiger partial charge is 0.444 e. The number of nitrogens with one attached hydrogen (secondary N) is 5. The zero-order valence-corrected chi connectivity index (χ0v) is 43.4. The SMILES string of the molecule is CC(C)C[C@@H](N)C(=O)N1CCC2(CC1)CN(C(=O)[C@@H](CCCCNC(=O)OC(C)(C)C)NC(=O)[C@@H](CC(C)C)NC(=O)[C@@H](Cc1ccccc1)NC(=O)[C@@H](Cc1ccccc1)NC(=O)OC(C)(C)C)C2. The number of benzene rings is 2. The maximum Gasteiger partial charge on any atom is 0.408 e. The van der Waals surface area contributed by atoms with Crippen LogP contribution in [-0.4, -0.2) is 126 Å². The smallest absolute Gasteiger partial charge is 0.408 e. The zero-order chi connectivity index (χ0) is 51.8. The first-order valence-electron chi connectivity index (χ1n) is 25.1. The van der Waals surface area contributed by atoms with E-state index >= 15 is 0 Å². The Labute approximate surface area is 415 Å². The highest BCUT2D eigenvalue weighted by Crippen LogP contribution is 2.41. The van der Waals surface area contributed by atoms with E-state index in [0.717, 1.165) is 24.0 Å². The van der Waals surface area contributed by atoms with Gasteiger partial charge in [-0.05, 0) is 109 Å². The van der Waals surface area contributed by atoms with Gasteiger partial charge in [0.05, 0.1) is 6.04 Å². The number of hydrogen-bond donors (Lipinski definition) is 6. The van der Waals surface area contributed by atoms with Crippen molar-refractivity contribution >= 4 is 41.7 Å². The number of ether oxygens (including phenoxy) is 2. The molecule has 2 fully saturated rings. The number of carbonyl (C=O) groups excluding carboxylic acids is 7. The first-order chi connectivity index (χ1) is 32.8. The molecule has 0 aliphatic carbocycles. The van der Waals surface area contributed by atoms with Crippen molar-refractivity contribution in [1.29, 1.82) is 0 Å². The summed E-state index contributed by atoms with van der Waals surface area (Å²) in [4.78, 5) is 99.6. The second kappa shape index (κ2) is 25.9. The van der Waals surface area contributed by atoms with Gasteiger partial charge in [0.2, 0.25) is 29.5 Å². The topological polar surface area (TPSA) is 231 Å². The molecule has 388 valence electrons. The van der Waals surface area contributed by atoms with Crippen molar-refractivity contribution in [3.05, 3.63) is 71.8 Å². The minimum absolute atomic E-state index is 0.0426. The average molecular weight is 975 g/mol. The fourth-order valence-corrected chi connectivity index (χ4v) is 8.82. The van der Waals surface area contributed by atoms with E-state index in [0.29, 0.717) is 57.9 Å². The van der Waals surface area contributed by atoms with Gasteiger partial charge >= 0.3 is 12.2 Å². The third kappa shape index (κ3) is 19.2. The maximum absolute atomic E-state index is 14.5. The lowest BCUT2D eigenvalue weighted by Crippen LogP contribution is -2.66. The highest BCUT2D eigenvalue weighted by atomic mass is 16.6. The number of nitrogens with zero attached hydrogens (tertiary/aromatic N) is 2. The third-order valence-corrected chi connectivity index (χ3v) is 12.3. The number of piperidine rings is 1. The van der Waals surface area contributed by atoms with Crippen LogP contribution in [0.15, 0.2) is 60.7 Å².